The van der Waals surface area contributed by atoms with Gasteiger partial charge < -0.3 is 9.84 Å². The predicted octanol–water partition coefficient (Wildman–Crippen LogP) is 7.48. The first kappa shape index (κ1) is 24.2. The summed E-state index contributed by atoms with van der Waals surface area (Å²) >= 11 is 0. The van der Waals surface area contributed by atoms with Gasteiger partial charge in [-0.1, -0.05) is 127 Å². The first-order valence-electron chi connectivity index (χ1n) is 12.3. The molecular formula is C34H28O3. The second-order valence-electron chi connectivity index (χ2n) is 9.04. The molecule has 0 atom stereocenters. The van der Waals surface area contributed by atoms with E-state index in [-0.39, 0.29) is 5.56 Å². The summed E-state index contributed by atoms with van der Waals surface area (Å²) < 4.78 is 5.94. The summed E-state index contributed by atoms with van der Waals surface area (Å²) in [5.74, 6) is -0.926. The van der Waals surface area contributed by atoms with E-state index in [0.717, 1.165) is 11.1 Å². The van der Waals surface area contributed by atoms with Crippen LogP contribution in [-0.4, -0.2) is 11.1 Å². The molecule has 0 amide bonds. The highest BCUT2D eigenvalue weighted by molar-refractivity contribution is 5.87. The summed E-state index contributed by atoms with van der Waals surface area (Å²) in [4.78, 5) is 11.0. The molecule has 0 bridgehead atoms. The molecule has 0 saturated heterocycles. The highest BCUT2D eigenvalue weighted by Crippen LogP contribution is 2.44. The van der Waals surface area contributed by atoms with Crippen LogP contribution in [0.1, 0.15) is 43.7 Å². The molecule has 0 aromatic heterocycles. The third-order valence-corrected chi connectivity index (χ3v) is 6.75. The zero-order valence-electron chi connectivity index (χ0n) is 20.5. The summed E-state index contributed by atoms with van der Waals surface area (Å²) in [5, 5.41) is 9.07. The van der Waals surface area contributed by atoms with E-state index in [2.05, 4.69) is 115 Å². The average molecular weight is 485 g/mol. The lowest BCUT2D eigenvalue weighted by molar-refractivity contribution is 0.0696. The van der Waals surface area contributed by atoms with Crippen molar-refractivity contribution in [3.8, 4) is 0 Å². The number of carboxylic acids is 1. The molecule has 3 heteroatoms. The molecule has 0 spiro atoms. The molecule has 3 nitrogen and oxygen atoms in total. The van der Waals surface area contributed by atoms with E-state index in [0.29, 0.717) is 13.2 Å². The maximum Gasteiger partial charge on any atom is 0.335 e. The van der Waals surface area contributed by atoms with Crippen LogP contribution in [0.4, 0.5) is 0 Å². The van der Waals surface area contributed by atoms with Gasteiger partial charge in [0, 0.05) is 0 Å². The van der Waals surface area contributed by atoms with Crippen LogP contribution >= 0.6 is 0 Å². The molecule has 182 valence electrons. The number of hydrogen-bond acceptors (Lipinski definition) is 2. The summed E-state index contributed by atoms with van der Waals surface area (Å²) in [6.07, 6.45) is 0. The Morgan fingerprint density at radius 2 is 0.865 bits per heavy atom. The maximum atomic E-state index is 11.0. The summed E-state index contributed by atoms with van der Waals surface area (Å²) in [6.45, 7) is 0.888. The van der Waals surface area contributed by atoms with Gasteiger partial charge in [0.2, 0.25) is 0 Å². The standard InChI is InChI=1S/C34H28O3/c35-33(36)28-20-16-26(17-21-28)24-37-25-27-18-22-32(23-19-27)34(29-10-4-1-5-11-29,30-12-6-2-7-13-30)31-14-8-3-9-15-31/h1-23H,24-25H2,(H,35,36). The Morgan fingerprint density at radius 1 is 0.514 bits per heavy atom. The predicted molar refractivity (Wildman–Crippen MR) is 147 cm³/mol. The highest BCUT2D eigenvalue weighted by Gasteiger charge is 2.38. The summed E-state index contributed by atoms with van der Waals surface area (Å²) in [6, 6.07) is 47.4. The Bertz CT molecular complexity index is 1330. The van der Waals surface area contributed by atoms with Crippen LogP contribution in [0.3, 0.4) is 0 Å². The smallest absolute Gasteiger partial charge is 0.335 e. The largest absolute Gasteiger partial charge is 0.478 e. The van der Waals surface area contributed by atoms with Crippen LogP contribution in [0, 0.1) is 0 Å². The SMILES string of the molecule is O=C(O)c1ccc(COCc2ccc(C(c3ccccc3)(c3ccccc3)c3ccccc3)cc2)cc1. The molecule has 0 aliphatic heterocycles. The van der Waals surface area contributed by atoms with Crippen molar-refractivity contribution in [3.63, 3.8) is 0 Å². The van der Waals surface area contributed by atoms with Crippen molar-refractivity contribution < 1.29 is 14.6 Å². The van der Waals surface area contributed by atoms with Gasteiger partial charge in [-0.05, 0) is 45.5 Å². The van der Waals surface area contributed by atoms with Gasteiger partial charge in [-0.25, -0.2) is 4.79 Å². The lowest BCUT2D eigenvalue weighted by Gasteiger charge is -2.37. The van der Waals surface area contributed by atoms with E-state index in [1.54, 1.807) is 24.3 Å². The van der Waals surface area contributed by atoms with Crippen LogP contribution in [-0.2, 0) is 23.4 Å². The Hall–Kier alpha value is -4.47. The minimum absolute atomic E-state index is 0.276. The fourth-order valence-electron chi connectivity index (χ4n) is 4.95. The van der Waals surface area contributed by atoms with Crippen molar-refractivity contribution >= 4 is 5.97 Å². The first-order chi connectivity index (χ1) is 18.2. The molecule has 1 N–H and O–H groups in total. The van der Waals surface area contributed by atoms with Crippen molar-refractivity contribution in [2.45, 2.75) is 18.6 Å². The lowest BCUT2D eigenvalue weighted by atomic mass is 9.65. The van der Waals surface area contributed by atoms with Crippen molar-refractivity contribution in [3.05, 3.63) is 178 Å². The molecule has 0 radical (unpaired) electrons. The molecule has 0 heterocycles. The molecule has 0 aliphatic rings. The van der Waals surface area contributed by atoms with Crippen LogP contribution in [0.25, 0.3) is 0 Å². The third-order valence-electron chi connectivity index (χ3n) is 6.75. The number of rotatable bonds is 9. The highest BCUT2D eigenvalue weighted by atomic mass is 16.5. The van der Waals surface area contributed by atoms with E-state index in [9.17, 15) is 4.79 Å². The Morgan fingerprint density at radius 3 is 1.24 bits per heavy atom. The zero-order chi connectivity index (χ0) is 25.5. The van der Waals surface area contributed by atoms with Gasteiger partial charge in [0.1, 0.15) is 0 Å². The van der Waals surface area contributed by atoms with Crippen molar-refractivity contribution in [2.24, 2.45) is 0 Å². The van der Waals surface area contributed by atoms with E-state index >= 15 is 0 Å². The number of carboxylic acid groups (broad SMARTS) is 1. The van der Waals surface area contributed by atoms with Crippen molar-refractivity contribution in [1.29, 1.82) is 0 Å². The maximum absolute atomic E-state index is 11.0. The van der Waals surface area contributed by atoms with E-state index in [1.807, 2.05) is 0 Å². The number of benzene rings is 5. The fourth-order valence-corrected chi connectivity index (χ4v) is 4.95. The van der Waals surface area contributed by atoms with Gasteiger partial charge in [0.25, 0.3) is 0 Å². The van der Waals surface area contributed by atoms with Gasteiger partial charge in [-0.2, -0.15) is 0 Å². The topological polar surface area (TPSA) is 46.5 Å². The summed E-state index contributed by atoms with van der Waals surface area (Å²) in [7, 11) is 0. The number of carbonyl (C=O) groups is 1. The molecule has 0 aliphatic carbocycles. The minimum Gasteiger partial charge on any atom is -0.478 e. The van der Waals surface area contributed by atoms with Gasteiger partial charge in [-0.15, -0.1) is 0 Å². The Balaban J connectivity index is 1.46. The Labute approximate surface area is 217 Å². The molecule has 0 saturated carbocycles. The number of aromatic carboxylic acids is 1. The third kappa shape index (κ3) is 5.09. The summed E-state index contributed by atoms with van der Waals surface area (Å²) in [5.41, 5.74) is 6.65. The zero-order valence-corrected chi connectivity index (χ0v) is 20.5. The van der Waals surface area contributed by atoms with Crippen LogP contribution in [0.15, 0.2) is 140 Å². The van der Waals surface area contributed by atoms with Gasteiger partial charge in [0.15, 0.2) is 0 Å². The minimum atomic E-state index is -0.926. The molecule has 5 aromatic rings. The number of hydrogen-bond donors (Lipinski definition) is 1. The molecule has 37 heavy (non-hydrogen) atoms. The average Bonchev–Trinajstić information content (AvgIpc) is 2.96. The van der Waals surface area contributed by atoms with Crippen LogP contribution in [0.5, 0.6) is 0 Å². The van der Waals surface area contributed by atoms with E-state index in [1.165, 1.54) is 22.3 Å². The Kier molecular flexibility index (Phi) is 7.25. The molecular weight excluding hydrogens is 456 g/mol. The quantitative estimate of drug-likeness (QED) is 0.221. The van der Waals surface area contributed by atoms with Crippen LogP contribution in [0.2, 0.25) is 0 Å². The second kappa shape index (κ2) is 11.1. The number of ether oxygens (including phenoxy) is 1. The molecule has 5 rings (SSSR count). The van der Waals surface area contributed by atoms with Gasteiger partial charge in [-0.3, -0.25) is 0 Å². The molecule has 0 unspecified atom stereocenters. The fraction of sp³-hybridized carbons (Fsp3) is 0.0882. The van der Waals surface area contributed by atoms with Gasteiger partial charge in [0.05, 0.1) is 24.2 Å². The molecule has 5 aromatic carbocycles. The van der Waals surface area contributed by atoms with Crippen molar-refractivity contribution in [2.75, 3.05) is 0 Å². The first-order valence-corrected chi connectivity index (χ1v) is 12.3. The normalized spacial score (nSPS) is 11.2. The van der Waals surface area contributed by atoms with E-state index < -0.39 is 11.4 Å². The lowest BCUT2D eigenvalue weighted by Crippen LogP contribution is -2.30. The van der Waals surface area contributed by atoms with Crippen LogP contribution < -0.4 is 0 Å². The molecule has 0 fully saturated rings. The van der Waals surface area contributed by atoms with Gasteiger partial charge >= 0.3 is 5.97 Å². The second-order valence-corrected chi connectivity index (χ2v) is 9.04. The monoisotopic (exact) mass is 484 g/mol. The van der Waals surface area contributed by atoms with E-state index in [4.69, 9.17) is 9.84 Å². The van der Waals surface area contributed by atoms with Crippen molar-refractivity contribution in [1.82, 2.24) is 0 Å².